The van der Waals surface area contributed by atoms with Gasteiger partial charge in [-0.2, -0.15) is 5.10 Å². The number of methoxy groups -OCH3 is 1. The van der Waals surface area contributed by atoms with Crippen molar-refractivity contribution in [1.29, 1.82) is 0 Å². The number of rotatable bonds is 11. The highest BCUT2D eigenvalue weighted by Gasteiger charge is 2.18. The summed E-state index contributed by atoms with van der Waals surface area (Å²) in [5.74, 6) is 2.56. The molecular formula is C23H25ClN2O6S2. The number of benzene rings is 2. The van der Waals surface area contributed by atoms with E-state index in [1.54, 1.807) is 19.1 Å². The number of nitrogens with one attached hydrogen (secondary N) is 1. The van der Waals surface area contributed by atoms with Gasteiger partial charge in [-0.25, -0.2) is 10.2 Å². The smallest absolute Gasteiger partial charge is 0.343 e. The first-order valence-electron chi connectivity index (χ1n) is 10.4. The van der Waals surface area contributed by atoms with Crippen LogP contribution in [0.25, 0.3) is 0 Å². The molecule has 3 rings (SSSR count). The zero-order valence-electron chi connectivity index (χ0n) is 18.7. The minimum atomic E-state index is -0.545. The number of halogens is 1. The van der Waals surface area contributed by atoms with E-state index in [4.69, 9.17) is 25.8 Å². The highest BCUT2D eigenvalue weighted by Crippen LogP contribution is 2.45. The quantitative estimate of drug-likeness (QED) is 0.264. The van der Waals surface area contributed by atoms with Crippen LogP contribution in [0.5, 0.6) is 17.2 Å². The first kappa shape index (κ1) is 26.1. The van der Waals surface area contributed by atoms with Crippen molar-refractivity contribution in [3.63, 3.8) is 0 Å². The summed E-state index contributed by atoms with van der Waals surface area (Å²) in [6.07, 6.45) is 1.42. The summed E-state index contributed by atoms with van der Waals surface area (Å²) in [4.78, 5) is 23.4. The Balaban J connectivity index is 1.52. The van der Waals surface area contributed by atoms with E-state index in [1.165, 1.54) is 30.4 Å². The largest absolute Gasteiger partial charge is 0.490 e. The fourth-order valence-electron chi connectivity index (χ4n) is 2.89. The average Bonchev–Trinajstić information content (AvgIpc) is 3.37. The Hall–Kier alpha value is -2.56. The summed E-state index contributed by atoms with van der Waals surface area (Å²) in [5.41, 5.74) is 4.23. The van der Waals surface area contributed by atoms with Crippen molar-refractivity contribution in [2.75, 3.05) is 38.4 Å². The fourth-order valence-corrected chi connectivity index (χ4v) is 6.02. The Labute approximate surface area is 211 Å². The molecule has 1 heterocycles. The molecule has 182 valence electrons. The van der Waals surface area contributed by atoms with Gasteiger partial charge >= 0.3 is 5.97 Å². The third kappa shape index (κ3) is 7.75. The molecule has 0 aliphatic carbocycles. The lowest BCUT2D eigenvalue weighted by Gasteiger charge is -2.13. The average molecular weight is 525 g/mol. The van der Waals surface area contributed by atoms with Gasteiger partial charge in [-0.15, -0.1) is 23.5 Å². The molecule has 1 aliphatic heterocycles. The fraction of sp³-hybridized carbons (Fsp3) is 0.348. The van der Waals surface area contributed by atoms with Crippen LogP contribution in [0.15, 0.2) is 41.5 Å². The van der Waals surface area contributed by atoms with E-state index in [0.29, 0.717) is 28.3 Å². The Morgan fingerprint density at radius 3 is 2.53 bits per heavy atom. The number of esters is 1. The first-order valence-corrected chi connectivity index (χ1v) is 12.9. The number of nitrogens with zero attached hydrogens (tertiary/aromatic N) is 1. The van der Waals surface area contributed by atoms with Gasteiger partial charge in [-0.3, -0.25) is 4.79 Å². The number of hydrogen-bond donors (Lipinski definition) is 1. The molecule has 0 spiro atoms. The maximum Gasteiger partial charge on any atom is 0.343 e. The van der Waals surface area contributed by atoms with Crippen molar-refractivity contribution in [3.05, 3.63) is 52.5 Å². The molecule has 2 aromatic rings. The zero-order valence-corrected chi connectivity index (χ0v) is 21.1. The van der Waals surface area contributed by atoms with E-state index in [0.717, 1.165) is 0 Å². The van der Waals surface area contributed by atoms with Gasteiger partial charge in [0.25, 0.3) is 5.91 Å². The minimum absolute atomic E-state index is 0.172. The normalized spacial score (nSPS) is 13.6. The summed E-state index contributed by atoms with van der Waals surface area (Å²) in [7, 11) is 1.26. The number of ether oxygens (including phenoxy) is 4. The Kier molecular flexibility index (Phi) is 10.2. The summed E-state index contributed by atoms with van der Waals surface area (Å²) < 4.78 is 21.5. The predicted molar refractivity (Wildman–Crippen MR) is 135 cm³/mol. The molecule has 0 saturated carbocycles. The van der Waals surface area contributed by atoms with Gasteiger partial charge in [-0.1, -0.05) is 23.7 Å². The lowest BCUT2D eigenvalue weighted by molar-refractivity contribution is -0.142. The van der Waals surface area contributed by atoms with Gasteiger partial charge in [0.15, 0.2) is 24.7 Å². The number of hydrazone groups is 1. The molecule has 0 unspecified atom stereocenters. The van der Waals surface area contributed by atoms with Crippen molar-refractivity contribution >= 4 is 53.2 Å². The van der Waals surface area contributed by atoms with Gasteiger partial charge in [0.05, 0.1) is 29.5 Å². The number of amides is 1. The first-order chi connectivity index (χ1) is 16.5. The van der Waals surface area contributed by atoms with E-state index in [2.05, 4.69) is 15.3 Å². The maximum atomic E-state index is 12.1. The van der Waals surface area contributed by atoms with Crippen LogP contribution in [0.3, 0.4) is 0 Å². The molecular weight excluding hydrogens is 500 g/mol. The monoisotopic (exact) mass is 524 g/mol. The van der Waals surface area contributed by atoms with Gasteiger partial charge in [0.1, 0.15) is 5.75 Å². The molecule has 1 fully saturated rings. The predicted octanol–water partition coefficient (Wildman–Crippen LogP) is 4.30. The van der Waals surface area contributed by atoms with E-state index < -0.39 is 11.9 Å². The third-order valence-corrected chi connectivity index (χ3v) is 7.83. The highest BCUT2D eigenvalue weighted by molar-refractivity contribution is 8.19. The minimum Gasteiger partial charge on any atom is -0.490 e. The molecule has 0 atom stereocenters. The van der Waals surface area contributed by atoms with Crippen LogP contribution in [0.2, 0.25) is 5.02 Å². The summed E-state index contributed by atoms with van der Waals surface area (Å²) >= 11 is 10.2. The third-order valence-electron chi connectivity index (χ3n) is 4.44. The number of hydrogen-bond acceptors (Lipinski definition) is 9. The lowest BCUT2D eigenvalue weighted by Crippen LogP contribution is -2.24. The number of thioether (sulfide) groups is 2. The summed E-state index contributed by atoms with van der Waals surface area (Å²) in [6.45, 7) is 1.69. The van der Waals surface area contributed by atoms with Crippen LogP contribution in [0.4, 0.5) is 0 Å². The van der Waals surface area contributed by atoms with Crippen molar-refractivity contribution in [2.24, 2.45) is 5.10 Å². The molecule has 34 heavy (non-hydrogen) atoms. The number of carbonyl (C=O) groups is 2. The van der Waals surface area contributed by atoms with Crippen molar-refractivity contribution in [2.45, 2.75) is 11.5 Å². The number of carbonyl (C=O) groups excluding carboxylic acids is 2. The van der Waals surface area contributed by atoms with Crippen molar-refractivity contribution in [3.8, 4) is 17.2 Å². The molecule has 2 aromatic carbocycles. The lowest BCUT2D eigenvalue weighted by atomic mass is 10.2. The molecule has 1 saturated heterocycles. The maximum absolute atomic E-state index is 12.1. The van der Waals surface area contributed by atoms with Crippen molar-refractivity contribution < 1.29 is 28.5 Å². The standard InChI is InChI=1S/C23H25ClN2O6S2/c1-3-30-19-11-15(10-18(24)22(19)32-14-21(28)29-2)12-25-26-20(27)13-31-17-6-4-16(5-7-17)23-33-8-9-34-23/h4-7,10-12,23H,3,8-9,13-14H2,1-2H3,(H,26,27)/b25-12-. The van der Waals surface area contributed by atoms with Crippen molar-refractivity contribution in [1.82, 2.24) is 5.43 Å². The highest BCUT2D eigenvalue weighted by atomic mass is 35.5. The van der Waals surface area contributed by atoms with Crippen LogP contribution >= 0.6 is 35.1 Å². The van der Waals surface area contributed by atoms with E-state index in [-0.39, 0.29) is 24.0 Å². The molecule has 0 aromatic heterocycles. The molecule has 1 amide bonds. The molecule has 0 bridgehead atoms. The van der Waals surface area contributed by atoms with E-state index in [9.17, 15) is 9.59 Å². The molecule has 1 aliphatic rings. The topological polar surface area (TPSA) is 95.5 Å². The molecule has 11 heteroatoms. The van der Waals surface area contributed by atoms with Gasteiger partial charge in [-0.05, 0) is 42.3 Å². The van der Waals surface area contributed by atoms with Crippen LogP contribution in [0, 0.1) is 0 Å². The Bertz CT molecular complexity index is 1010. The van der Waals surface area contributed by atoms with Gasteiger partial charge in [0.2, 0.25) is 0 Å². The Morgan fingerprint density at radius 1 is 1.12 bits per heavy atom. The van der Waals surface area contributed by atoms with E-state index in [1.807, 2.05) is 47.8 Å². The second-order valence-corrected chi connectivity index (χ2v) is 9.98. The zero-order chi connectivity index (χ0) is 24.3. The Morgan fingerprint density at radius 2 is 1.85 bits per heavy atom. The van der Waals surface area contributed by atoms with Crippen LogP contribution in [0.1, 0.15) is 22.6 Å². The van der Waals surface area contributed by atoms with Gasteiger partial charge < -0.3 is 18.9 Å². The van der Waals surface area contributed by atoms with Crippen LogP contribution in [-0.2, 0) is 14.3 Å². The summed E-state index contributed by atoms with van der Waals surface area (Å²) in [6, 6.07) is 11.0. The van der Waals surface area contributed by atoms with Crippen LogP contribution < -0.4 is 19.6 Å². The second kappa shape index (κ2) is 13.4. The molecule has 1 N–H and O–H groups in total. The molecule has 8 nitrogen and oxygen atoms in total. The van der Waals surface area contributed by atoms with E-state index >= 15 is 0 Å². The SMILES string of the molecule is CCOc1cc(/C=N\NC(=O)COc2ccc(C3SCCS3)cc2)cc(Cl)c1OCC(=O)OC. The van der Waals surface area contributed by atoms with Gasteiger partial charge in [0, 0.05) is 11.5 Å². The molecule has 0 radical (unpaired) electrons. The summed E-state index contributed by atoms with van der Waals surface area (Å²) in [5, 5.41) is 4.17. The second-order valence-electron chi connectivity index (χ2n) is 6.85. The van der Waals surface area contributed by atoms with Crippen LogP contribution in [-0.4, -0.2) is 56.5 Å².